The van der Waals surface area contributed by atoms with Gasteiger partial charge in [0.15, 0.2) is 0 Å². The summed E-state index contributed by atoms with van der Waals surface area (Å²) < 4.78 is 10.4. The molecule has 0 aliphatic carbocycles. The highest BCUT2D eigenvalue weighted by Crippen LogP contribution is 2.38. The predicted octanol–water partition coefficient (Wildman–Crippen LogP) is 3.53. The van der Waals surface area contributed by atoms with E-state index in [1.54, 1.807) is 14.2 Å². The van der Waals surface area contributed by atoms with Crippen molar-refractivity contribution >= 4 is 11.9 Å². The lowest BCUT2D eigenvalue weighted by Crippen LogP contribution is -2.56. The Morgan fingerprint density at radius 3 is 2.18 bits per heavy atom. The maximum atomic E-state index is 13.7. The fraction of sp³-hybridized carbons (Fsp3) is 0.462. The van der Waals surface area contributed by atoms with Crippen LogP contribution in [-0.4, -0.2) is 72.6 Å². The van der Waals surface area contributed by atoms with E-state index in [1.165, 1.54) is 10.5 Å². The van der Waals surface area contributed by atoms with Crippen LogP contribution in [0.3, 0.4) is 0 Å². The van der Waals surface area contributed by atoms with Crippen molar-refractivity contribution in [2.45, 2.75) is 37.9 Å². The van der Waals surface area contributed by atoms with Gasteiger partial charge in [0.1, 0.15) is 11.3 Å². The summed E-state index contributed by atoms with van der Waals surface area (Å²) in [5.74, 6) is 0.682. The number of urea groups is 1. The summed E-state index contributed by atoms with van der Waals surface area (Å²) >= 11 is 0. The molecule has 7 heteroatoms. The normalized spacial score (nSPS) is 18.4. The fourth-order valence-corrected chi connectivity index (χ4v) is 4.92. The number of carbonyl (C=O) groups is 2. The number of likely N-dealkylation sites (tertiary alicyclic amines) is 1. The minimum atomic E-state index is -0.759. The van der Waals surface area contributed by atoms with E-state index in [4.69, 9.17) is 9.47 Å². The van der Waals surface area contributed by atoms with Crippen LogP contribution in [0.25, 0.3) is 0 Å². The average molecular weight is 452 g/mol. The van der Waals surface area contributed by atoms with Gasteiger partial charge in [-0.05, 0) is 42.5 Å². The summed E-state index contributed by atoms with van der Waals surface area (Å²) in [6.45, 7) is 3.79. The molecule has 0 N–H and O–H groups in total. The molecule has 2 heterocycles. The van der Waals surface area contributed by atoms with E-state index in [9.17, 15) is 9.59 Å². The van der Waals surface area contributed by atoms with Crippen LogP contribution in [0.2, 0.25) is 0 Å². The van der Waals surface area contributed by atoms with E-state index >= 15 is 0 Å². The molecule has 0 atom stereocenters. The van der Waals surface area contributed by atoms with Crippen LogP contribution in [-0.2, 0) is 22.6 Å². The third kappa shape index (κ3) is 4.89. The van der Waals surface area contributed by atoms with E-state index in [0.717, 1.165) is 30.9 Å². The van der Waals surface area contributed by atoms with Gasteiger partial charge in [0.2, 0.25) is 0 Å². The molecule has 2 aromatic rings. The summed E-state index contributed by atoms with van der Waals surface area (Å²) in [6.07, 6.45) is 2.01. The SMILES string of the molecule is COCCCN1C(=O)N(Cc2ccc(OC)cc2)C(=O)C12CCN(Cc1ccccc1)CC2. The quantitative estimate of drug-likeness (QED) is 0.431. The minimum absolute atomic E-state index is 0.0694. The molecule has 0 unspecified atom stereocenters. The van der Waals surface area contributed by atoms with E-state index in [-0.39, 0.29) is 18.5 Å². The van der Waals surface area contributed by atoms with Gasteiger partial charge in [-0.1, -0.05) is 42.5 Å². The number of benzene rings is 2. The van der Waals surface area contributed by atoms with Gasteiger partial charge in [-0.25, -0.2) is 4.79 Å². The molecule has 0 bridgehead atoms. The number of amides is 3. The zero-order valence-electron chi connectivity index (χ0n) is 19.5. The third-order valence-corrected chi connectivity index (χ3v) is 6.78. The zero-order chi connectivity index (χ0) is 23.3. The largest absolute Gasteiger partial charge is 0.497 e. The van der Waals surface area contributed by atoms with Gasteiger partial charge >= 0.3 is 6.03 Å². The van der Waals surface area contributed by atoms with Gasteiger partial charge in [0.25, 0.3) is 5.91 Å². The molecule has 3 amide bonds. The number of piperidine rings is 1. The number of rotatable bonds is 9. The zero-order valence-corrected chi connectivity index (χ0v) is 19.5. The van der Waals surface area contributed by atoms with Crippen LogP contribution in [0.15, 0.2) is 54.6 Å². The molecule has 2 aliphatic heterocycles. The molecule has 2 aromatic carbocycles. The number of ether oxygens (including phenoxy) is 2. The summed E-state index contributed by atoms with van der Waals surface area (Å²) in [5, 5.41) is 0. The second kappa shape index (κ2) is 10.4. The van der Waals surface area contributed by atoms with Crippen LogP contribution < -0.4 is 4.74 Å². The highest BCUT2D eigenvalue weighted by molar-refractivity contribution is 6.07. The molecule has 0 radical (unpaired) electrons. The first-order chi connectivity index (χ1) is 16.1. The van der Waals surface area contributed by atoms with Crippen LogP contribution >= 0.6 is 0 Å². The maximum absolute atomic E-state index is 13.7. The Labute approximate surface area is 195 Å². The Balaban J connectivity index is 1.50. The highest BCUT2D eigenvalue weighted by Gasteiger charge is 2.57. The Morgan fingerprint density at radius 1 is 0.879 bits per heavy atom. The van der Waals surface area contributed by atoms with Gasteiger partial charge in [-0.2, -0.15) is 0 Å². The van der Waals surface area contributed by atoms with Crippen molar-refractivity contribution in [2.24, 2.45) is 0 Å². The van der Waals surface area contributed by atoms with Crippen LogP contribution in [0, 0.1) is 0 Å². The van der Waals surface area contributed by atoms with E-state index in [1.807, 2.05) is 35.2 Å². The average Bonchev–Trinajstić information content (AvgIpc) is 3.03. The Bertz CT molecular complexity index is 940. The molecule has 176 valence electrons. The van der Waals surface area contributed by atoms with Crippen molar-refractivity contribution in [3.8, 4) is 5.75 Å². The number of hydrogen-bond donors (Lipinski definition) is 0. The van der Waals surface area contributed by atoms with Gasteiger partial charge in [0, 0.05) is 39.9 Å². The monoisotopic (exact) mass is 451 g/mol. The first kappa shape index (κ1) is 23.3. The van der Waals surface area contributed by atoms with Crippen molar-refractivity contribution in [1.82, 2.24) is 14.7 Å². The first-order valence-corrected chi connectivity index (χ1v) is 11.6. The van der Waals surface area contributed by atoms with Gasteiger partial charge < -0.3 is 14.4 Å². The van der Waals surface area contributed by atoms with E-state index < -0.39 is 5.54 Å². The predicted molar refractivity (Wildman–Crippen MR) is 126 cm³/mol. The lowest BCUT2D eigenvalue weighted by Gasteiger charge is -2.42. The second-order valence-electron chi connectivity index (χ2n) is 8.81. The molecule has 2 fully saturated rings. The van der Waals surface area contributed by atoms with E-state index in [2.05, 4.69) is 29.2 Å². The number of nitrogens with zero attached hydrogens (tertiary/aromatic N) is 3. The molecule has 1 spiro atoms. The fourth-order valence-electron chi connectivity index (χ4n) is 4.92. The molecule has 0 saturated carbocycles. The first-order valence-electron chi connectivity index (χ1n) is 11.6. The molecule has 33 heavy (non-hydrogen) atoms. The Morgan fingerprint density at radius 2 is 1.55 bits per heavy atom. The van der Waals surface area contributed by atoms with Crippen LogP contribution in [0.4, 0.5) is 4.79 Å². The Kier molecular flexibility index (Phi) is 7.30. The lowest BCUT2D eigenvalue weighted by atomic mass is 9.85. The highest BCUT2D eigenvalue weighted by atomic mass is 16.5. The van der Waals surface area contributed by atoms with Crippen molar-refractivity contribution in [3.05, 3.63) is 65.7 Å². The Hall–Kier alpha value is -2.90. The minimum Gasteiger partial charge on any atom is -0.497 e. The summed E-state index contributed by atoms with van der Waals surface area (Å²) in [7, 11) is 3.28. The number of imide groups is 1. The lowest BCUT2D eigenvalue weighted by molar-refractivity contribution is -0.136. The van der Waals surface area contributed by atoms with Crippen LogP contribution in [0.1, 0.15) is 30.4 Å². The van der Waals surface area contributed by atoms with Crippen molar-refractivity contribution in [3.63, 3.8) is 0 Å². The van der Waals surface area contributed by atoms with Crippen molar-refractivity contribution in [2.75, 3.05) is 40.5 Å². The van der Waals surface area contributed by atoms with Gasteiger partial charge in [-0.3, -0.25) is 14.6 Å². The van der Waals surface area contributed by atoms with Gasteiger partial charge in [0.05, 0.1) is 13.7 Å². The maximum Gasteiger partial charge on any atom is 0.327 e. The van der Waals surface area contributed by atoms with E-state index in [0.29, 0.717) is 32.4 Å². The summed E-state index contributed by atoms with van der Waals surface area (Å²) in [6, 6.07) is 17.7. The molecule has 7 nitrogen and oxygen atoms in total. The molecule has 4 rings (SSSR count). The summed E-state index contributed by atoms with van der Waals surface area (Å²) in [4.78, 5) is 32.8. The summed E-state index contributed by atoms with van der Waals surface area (Å²) in [5.41, 5.74) is 1.41. The smallest absolute Gasteiger partial charge is 0.327 e. The topological polar surface area (TPSA) is 62.3 Å². The molecular weight excluding hydrogens is 418 g/mol. The van der Waals surface area contributed by atoms with Crippen LogP contribution in [0.5, 0.6) is 5.75 Å². The molecular formula is C26H33N3O4. The van der Waals surface area contributed by atoms with Crippen molar-refractivity contribution < 1.29 is 19.1 Å². The third-order valence-electron chi connectivity index (χ3n) is 6.78. The van der Waals surface area contributed by atoms with Gasteiger partial charge in [-0.15, -0.1) is 0 Å². The van der Waals surface area contributed by atoms with Crippen molar-refractivity contribution in [1.29, 1.82) is 0 Å². The molecule has 0 aromatic heterocycles. The standard InChI is InChI=1S/C26H33N3O4/c1-32-18-6-15-29-25(31)28(20-22-9-11-23(33-2)12-10-22)24(30)26(29)13-16-27(17-14-26)19-21-7-4-3-5-8-21/h3-5,7-12H,6,13-20H2,1-2H3. The number of hydrogen-bond acceptors (Lipinski definition) is 5. The molecule has 2 aliphatic rings. The second-order valence-corrected chi connectivity index (χ2v) is 8.81. The molecule has 2 saturated heterocycles. The number of carbonyl (C=O) groups excluding carboxylic acids is 2. The number of methoxy groups -OCH3 is 2.